The number of nitrogens with zero attached hydrogens (tertiary/aromatic N) is 3. The molecule has 0 aliphatic carbocycles. The van der Waals surface area contributed by atoms with Gasteiger partial charge >= 0.3 is 0 Å². The molecule has 0 amide bonds. The molecule has 1 N–H and O–H groups in total. The lowest BCUT2D eigenvalue weighted by Gasteiger charge is -2.31. The monoisotopic (exact) mass is 340 g/mol. The lowest BCUT2D eigenvalue weighted by Crippen LogP contribution is -2.28. The van der Waals surface area contributed by atoms with E-state index in [0.29, 0.717) is 0 Å². The number of aromatic nitrogens is 3. The molecule has 24 heavy (non-hydrogen) atoms. The topological polar surface area (TPSA) is 52.0 Å². The summed E-state index contributed by atoms with van der Waals surface area (Å²) in [5.74, 6) is 1.63. The minimum atomic E-state index is 0.119. The smallest absolute Gasteiger partial charge is 0.222 e. The highest BCUT2D eigenvalue weighted by Gasteiger charge is 2.29. The van der Waals surface area contributed by atoms with Gasteiger partial charge in [0.1, 0.15) is 12.1 Å². The Bertz CT molecular complexity index is 829. The van der Waals surface area contributed by atoms with Crippen LogP contribution in [-0.4, -0.2) is 21.9 Å². The molecule has 0 saturated heterocycles. The van der Waals surface area contributed by atoms with E-state index in [1.54, 1.807) is 13.4 Å². The molecule has 2 atom stereocenters. The minimum absolute atomic E-state index is 0.119. The summed E-state index contributed by atoms with van der Waals surface area (Å²) in [6.45, 7) is 0. The third-order valence-corrected chi connectivity index (χ3v) is 4.66. The van der Waals surface area contributed by atoms with Gasteiger partial charge in [0, 0.05) is 5.02 Å². The van der Waals surface area contributed by atoms with E-state index in [1.807, 2.05) is 28.9 Å². The summed E-state index contributed by atoms with van der Waals surface area (Å²) in [5.41, 5.74) is 2.37. The lowest BCUT2D eigenvalue weighted by atomic mass is 9.93. The molecular weight excluding hydrogens is 324 g/mol. The van der Waals surface area contributed by atoms with Crippen LogP contribution >= 0.6 is 11.6 Å². The predicted molar refractivity (Wildman–Crippen MR) is 93.6 cm³/mol. The maximum Gasteiger partial charge on any atom is 0.222 e. The van der Waals surface area contributed by atoms with E-state index < -0.39 is 0 Å². The molecule has 0 saturated carbocycles. The third kappa shape index (κ3) is 2.71. The van der Waals surface area contributed by atoms with Crippen molar-refractivity contribution in [2.24, 2.45) is 0 Å². The molecule has 122 valence electrons. The molecule has 0 unspecified atom stereocenters. The van der Waals surface area contributed by atoms with Crippen LogP contribution in [0.4, 0.5) is 5.95 Å². The number of ether oxygens (including phenoxy) is 1. The first-order valence-corrected chi connectivity index (χ1v) is 8.18. The summed E-state index contributed by atoms with van der Waals surface area (Å²) in [6.07, 6.45) is 2.46. The normalized spacial score (nSPS) is 19.4. The predicted octanol–water partition coefficient (Wildman–Crippen LogP) is 4.09. The molecule has 1 aliphatic rings. The summed E-state index contributed by atoms with van der Waals surface area (Å²) in [5, 5.41) is 8.58. The summed E-state index contributed by atoms with van der Waals surface area (Å²) >= 11 is 6.02. The van der Waals surface area contributed by atoms with Crippen LogP contribution < -0.4 is 10.1 Å². The number of anilines is 1. The van der Waals surface area contributed by atoms with Gasteiger partial charge in [-0.25, -0.2) is 4.68 Å². The van der Waals surface area contributed by atoms with Gasteiger partial charge in [-0.15, -0.1) is 0 Å². The Labute approximate surface area is 145 Å². The molecule has 4 rings (SSSR count). The van der Waals surface area contributed by atoms with Crippen LogP contribution in [0.25, 0.3) is 0 Å². The van der Waals surface area contributed by atoms with Gasteiger partial charge in [0.05, 0.1) is 19.2 Å². The van der Waals surface area contributed by atoms with Crippen molar-refractivity contribution in [1.82, 2.24) is 14.8 Å². The maximum absolute atomic E-state index is 6.02. The summed E-state index contributed by atoms with van der Waals surface area (Å²) in [6, 6.07) is 16.3. The molecule has 0 bridgehead atoms. The average Bonchev–Trinajstić information content (AvgIpc) is 3.10. The summed E-state index contributed by atoms with van der Waals surface area (Å²) in [7, 11) is 1.67. The Balaban J connectivity index is 1.68. The largest absolute Gasteiger partial charge is 0.497 e. The molecular formula is C18H17ClN4O. The minimum Gasteiger partial charge on any atom is -0.497 e. The number of hydrogen-bond acceptors (Lipinski definition) is 4. The second-order valence-corrected chi connectivity index (χ2v) is 6.24. The number of hydrogen-bond donors (Lipinski definition) is 1. The Kier molecular flexibility index (Phi) is 3.86. The van der Waals surface area contributed by atoms with Crippen molar-refractivity contribution in [3.05, 3.63) is 71.0 Å². The van der Waals surface area contributed by atoms with Gasteiger partial charge in [0.15, 0.2) is 0 Å². The Morgan fingerprint density at radius 2 is 1.79 bits per heavy atom. The van der Waals surface area contributed by atoms with Crippen molar-refractivity contribution < 1.29 is 4.74 Å². The van der Waals surface area contributed by atoms with Gasteiger partial charge < -0.3 is 10.1 Å². The van der Waals surface area contributed by atoms with Crippen LogP contribution in [0, 0.1) is 0 Å². The number of fused-ring (bicyclic) bond motifs is 1. The van der Waals surface area contributed by atoms with Crippen molar-refractivity contribution >= 4 is 17.5 Å². The lowest BCUT2D eigenvalue weighted by molar-refractivity contribution is 0.413. The van der Waals surface area contributed by atoms with Crippen LogP contribution in [-0.2, 0) is 0 Å². The Morgan fingerprint density at radius 1 is 1.08 bits per heavy atom. The fraction of sp³-hybridized carbons (Fsp3) is 0.222. The van der Waals surface area contributed by atoms with Crippen LogP contribution in [0.15, 0.2) is 54.9 Å². The third-order valence-electron chi connectivity index (χ3n) is 4.40. The average molecular weight is 341 g/mol. The fourth-order valence-corrected chi connectivity index (χ4v) is 3.26. The first kappa shape index (κ1) is 15.0. The van der Waals surface area contributed by atoms with Crippen molar-refractivity contribution in [3.8, 4) is 5.75 Å². The first-order chi connectivity index (χ1) is 11.7. The quantitative estimate of drug-likeness (QED) is 0.780. The van der Waals surface area contributed by atoms with Crippen LogP contribution in [0.5, 0.6) is 5.75 Å². The standard InChI is InChI=1S/C18H17ClN4O/c1-24-15-8-4-12(5-9-15)16-10-17(13-2-6-14(19)7-3-13)23-18(22-16)20-11-21-23/h2-9,11,16-17H,10H2,1H3,(H,20,21,22)/t16-,17-/m1/s1. The Morgan fingerprint density at radius 3 is 2.50 bits per heavy atom. The molecule has 1 aliphatic heterocycles. The van der Waals surface area contributed by atoms with Crippen molar-refractivity contribution in [2.45, 2.75) is 18.5 Å². The van der Waals surface area contributed by atoms with Gasteiger partial charge in [-0.2, -0.15) is 10.1 Å². The van der Waals surface area contributed by atoms with E-state index >= 15 is 0 Å². The van der Waals surface area contributed by atoms with Crippen LogP contribution in [0.1, 0.15) is 29.6 Å². The molecule has 1 aromatic heterocycles. The van der Waals surface area contributed by atoms with E-state index in [0.717, 1.165) is 23.1 Å². The van der Waals surface area contributed by atoms with Crippen LogP contribution in [0.3, 0.4) is 0 Å². The van der Waals surface area contributed by atoms with Gasteiger partial charge in [-0.1, -0.05) is 35.9 Å². The summed E-state index contributed by atoms with van der Waals surface area (Å²) in [4.78, 5) is 4.35. The van der Waals surface area contributed by atoms with E-state index in [1.165, 1.54) is 11.1 Å². The molecule has 6 heteroatoms. The maximum atomic E-state index is 6.02. The zero-order valence-corrected chi connectivity index (χ0v) is 13.9. The first-order valence-electron chi connectivity index (χ1n) is 7.80. The number of rotatable bonds is 3. The second kappa shape index (κ2) is 6.17. The highest BCUT2D eigenvalue weighted by Crippen LogP contribution is 2.37. The van der Waals surface area contributed by atoms with Crippen molar-refractivity contribution in [2.75, 3.05) is 12.4 Å². The second-order valence-electron chi connectivity index (χ2n) is 5.80. The molecule has 0 radical (unpaired) electrons. The highest BCUT2D eigenvalue weighted by molar-refractivity contribution is 6.30. The molecule has 2 heterocycles. The van der Waals surface area contributed by atoms with E-state index in [-0.39, 0.29) is 12.1 Å². The molecule has 0 fully saturated rings. The highest BCUT2D eigenvalue weighted by atomic mass is 35.5. The van der Waals surface area contributed by atoms with E-state index in [9.17, 15) is 0 Å². The number of nitrogens with one attached hydrogen (secondary N) is 1. The molecule has 3 aromatic rings. The number of benzene rings is 2. The molecule has 5 nitrogen and oxygen atoms in total. The van der Waals surface area contributed by atoms with Crippen molar-refractivity contribution in [1.29, 1.82) is 0 Å². The number of methoxy groups -OCH3 is 1. The fourth-order valence-electron chi connectivity index (χ4n) is 3.14. The van der Waals surface area contributed by atoms with Gasteiger partial charge in [0.2, 0.25) is 5.95 Å². The zero-order valence-electron chi connectivity index (χ0n) is 13.2. The van der Waals surface area contributed by atoms with Crippen LogP contribution in [0.2, 0.25) is 5.02 Å². The summed E-state index contributed by atoms with van der Waals surface area (Å²) < 4.78 is 7.18. The Hall–Kier alpha value is -2.53. The van der Waals surface area contributed by atoms with Gasteiger partial charge in [-0.05, 0) is 41.8 Å². The van der Waals surface area contributed by atoms with Gasteiger partial charge in [-0.3, -0.25) is 0 Å². The van der Waals surface area contributed by atoms with Crippen molar-refractivity contribution in [3.63, 3.8) is 0 Å². The van der Waals surface area contributed by atoms with E-state index in [2.05, 4.69) is 39.7 Å². The SMILES string of the molecule is COc1ccc([C@H]2C[C@H](c3ccc(Cl)cc3)n3ncnc3N2)cc1. The molecule has 2 aromatic carbocycles. The van der Waals surface area contributed by atoms with Gasteiger partial charge in [0.25, 0.3) is 0 Å². The number of halogens is 1. The van der Waals surface area contributed by atoms with E-state index in [4.69, 9.17) is 16.3 Å². The molecule has 0 spiro atoms. The zero-order chi connectivity index (χ0) is 16.5.